The molecule has 2 rings (SSSR count). The summed E-state index contributed by atoms with van der Waals surface area (Å²) in [5, 5.41) is 13.3. The lowest BCUT2D eigenvalue weighted by molar-refractivity contribution is 0.389. The SMILES string of the molecule is CNCCc1ccc2cccnc2c1NO. The van der Waals surface area contributed by atoms with Crippen LogP contribution in [0.3, 0.4) is 0 Å². The minimum atomic E-state index is 0.702. The fourth-order valence-electron chi connectivity index (χ4n) is 1.78. The maximum absolute atomic E-state index is 9.21. The molecule has 0 spiro atoms. The maximum atomic E-state index is 9.21. The van der Waals surface area contributed by atoms with E-state index in [2.05, 4.69) is 15.8 Å². The minimum absolute atomic E-state index is 0.702. The molecule has 1 aromatic carbocycles. The van der Waals surface area contributed by atoms with Crippen molar-refractivity contribution < 1.29 is 5.21 Å². The van der Waals surface area contributed by atoms with Gasteiger partial charge in [-0.3, -0.25) is 15.7 Å². The molecule has 84 valence electrons. The lowest BCUT2D eigenvalue weighted by atomic mass is 10.1. The first-order chi connectivity index (χ1) is 7.86. The smallest absolute Gasteiger partial charge is 0.0958 e. The molecule has 2 aromatic rings. The van der Waals surface area contributed by atoms with Crippen LogP contribution in [0, 0.1) is 0 Å². The van der Waals surface area contributed by atoms with Gasteiger partial charge in [0.2, 0.25) is 0 Å². The van der Waals surface area contributed by atoms with E-state index in [0.29, 0.717) is 5.69 Å². The average Bonchev–Trinajstić information content (AvgIpc) is 2.35. The molecule has 0 radical (unpaired) electrons. The first-order valence-electron chi connectivity index (χ1n) is 5.28. The van der Waals surface area contributed by atoms with Crippen molar-refractivity contribution in [1.29, 1.82) is 0 Å². The summed E-state index contributed by atoms with van der Waals surface area (Å²) in [4.78, 5) is 4.28. The molecule has 16 heavy (non-hydrogen) atoms. The summed E-state index contributed by atoms with van der Waals surface area (Å²) in [5.41, 5.74) is 4.82. The molecule has 0 amide bonds. The van der Waals surface area contributed by atoms with Crippen LogP contribution in [0.15, 0.2) is 30.5 Å². The van der Waals surface area contributed by atoms with Gasteiger partial charge in [-0.25, -0.2) is 0 Å². The molecule has 0 aliphatic heterocycles. The number of nitrogens with zero attached hydrogens (tertiary/aromatic N) is 1. The van der Waals surface area contributed by atoms with Gasteiger partial charge in [-0.15, -0.1) is 0 Å². The van der Waals surface area contributed by atoms with Crippen LogP contribution in [0.4, 0.5) is 5.69 Å². The number of pyridine rings is 1. The number of aromatic nitrogens is 1. The highest BCUT2D eigenvalue weighted by Gasteiger charge is 2.07. The molecule has 0 unspecified atom stereocenters. The Morgan fingerprint density at radius 1 is 1.31 bits per heavy atom. The molecule has 0 saturated carbocycles. The number of anilines is 1. The van der Waals surface area contributed by atoms with Crippen molar-refractivity contribution in [3.8, 4) is 0 Å². The second-order valence-corrected chi connectivity index (χ2v) is 3.64. The van der Waals surface area contributed by atoms with E-state index >= 15 is 0 Å². The molecular weight excluding hydrogens is 202 g/mol. The van der Waals surface area contributed by atoms with E-state index in [9.17, 15) is 5.21 Å². The Morgan fingerprint density at radius 2 is 2.19 bits per heavy atom. The predicted octanol–water partition coefficient (Wildman–Crippen LogP) is 1.80. The fraction of sp³-hybridized carbons (Fsp3) is 0.250. The highest BCUT2D eigenvalue weighted by atomic mass is 16.5. The Hall–Kier alpha value is -1.65. The van der Waals surface area contributed by atoms with E-state index in [1.54, 1.807) is 6.20 Å². The molecule has 4 nitrogen and oxygen atoms in total. The Morgan fingerprint density at radius 3 is 2.94 bits per heavy atom. The number of fused-ring (bicyclic) bond motifs is 1. The van der Waals surface area contributed by atoms with Crippen LogP contribution < -0.4 is 10.8 Å². The van der Waals surface area contributed by atoms with Gasteiger partial charge in [0, 0.05) is 11.6 Å². The van der Waals surface area contributed by atoms with Crippen LogP contribution in [-0.2, 0) is 6.42 Å². The molecule has 4 heteroatoms. The van der Waals surface area contributed by atoms with Gasteiger partial charge in [-0.2, -0.15) is 0 Å². The second-order valence-electron chi connectivity index (χ2n) is 3.64. The van der Waals surface area contributed by atoms with Gasteiger partial charge in [-0.05, 0) is 31.6 Å². The van der Waals surface area contributed by atoms with Crippen molar-refractivity contribution in [2.45, 2.75) is 6.42 Å². The number of hydrogen-bond donors (Lipinski definition) is 3. The molecule has 1 heterocycles. The number of hydrogen-bond acceptors (Lipinski definition) is 4. The predicted molar refractivity (Wildman–Crippen MR) is 64.8 cm³/mol. The van der Waals surface area contributed by atoms with Crippen molar-refractivity contribution >= 4 is 16.6 Å². The summed E-state index contributed by atoms with van der Waals surface area (Å²) in [5.74, 6) is 0. The number of likely N-dealkylation sites (N-methyl/N-ethyl adjacent to an activating group) is 1. The van der Waals surface area contributed by atoms with Crippen molar-refractivity contribution in [2.24, 2.45) is 0 Å². The number of nitrogens with one attached hydrogen (secondary N) is 2. The lowest BCUT2D eigenvalue weighted by Crippen LogP contribution is -2.11. The number of benzene rings is 1. The second kappa shape index (κ2) is 4.92. The molecule has 0 aliphatic carbocycles. The largest absolute Gasteiger partial charge is 0.319 e. The summed E-state index contributed by atoms with van der Waals surface area (Å²) < 4.78 is 0. The van der Waals surface area contributed by atoms with Gasteiger partial charge < -0.3 is 5.32 Å². The molecular formula is C12H15N3O. The zero-order chi connectivity index (χ0) is 11.4. The lowest BCUT2D eigenvalue weighted by Gasteiger charge is -2.10. The van der Waals surface area contributed by atoms with Gasteiger partial charge in [0.25, 0.3) is 0 Å². The molecule has 0 bridgehead atoms. The van der Waals surface area contributed by atoms with E-state index in [0.717, 1.165) is 29.4 Å². The normalized spacial score (nSPS) is 10.6. The zero-order valence-electron chi connectivity index (χ0n) is 9.20. The molecule has 3 N–H and O–H groups in total. The summed E-state index contributed by atoms with van der Waals surface area (Å²) in [7, 11) is 1.91. The van der Waals surface area contributed by atoms with Crippen molar-refractivity contribution in [3.63, 3.8) is 0 Å². The van der Waals surface area contributed by atoms with Crippen LogP contribution in [-0.4, -0.2) is 23.8 Å². The molecule has 0 aliphatic rings. The van der Waals surface area contributed by atoms with Crippen LogP contribution in [0.25, 0.3) is 10.9 Å². The third-order valence-electron chi connectivity index (χ3n) is 2.62. The summed E-state index contributed by atoms with van der Waals surface area (Å²) in [6.45, 7) is 0.868. The zero-order valence-corrected chi connectivity index (χ0v) is 9.20. The van der Waals surface area contributed by atoms with E-state index in [4.69, 9.17) is 0 Å². The van der Waals surface area contributed by atoms with Gasteiger partial charge in [0.15, 0.2) is 0 Å². The first-order valence-corrected chi connectivity index (χ1v) is 5.28. The first kappa shape index (κ1) is 10.9. The van der Waals surface area contributed by atoms with Crippen molar-refractivity contribution in [1.82, 2.24) is 10.3 Å². The van der Waals surface area contributed by atoms with Gasteiger partial charge in [0.1, 0.15) is 0 Å². The van der Waals surface area contributed by atoms with E-state index in [1.807, 2.05) is 31.3 Å². The topological polar surface area (TPSA) is 57.2 Å². The molecule has 1 aromatic heterocycles. The number of rotatable bonds is 4. The van der Waals surface area contributed by atoms with Crippen molar-refractivity contribution in [3.05, 3.63) is 36.0 Å². The van der Waals surface area contributed by atoms with E-state index < -0.39 is 0 Å². The third-order valence-corrected chi connectivity index (χ3v) is 2.62. The molecule has 0 fully saturated rings. The minimum Gasteiger partial charge on any atom is -0.319 e. The van der Waals surface area contributed by atoms with Crippen molar-refractivity contribution in [2.75, 3.05) is 19.1 Å². The average molecular weight is 217 g/mol. The Labute approximate surface area is 94.3 Å². The van der Waals surface area contributed by atoms with Crippen LogP contribution in [0.5, 0.6) is 0 Å². The highest BCUT2D eigenvalue weighted by Crippen LogP contribution is 2.25. The quantitative estimate of drug-likeness (QED) is 0.683. The van der Waals surface area contributed by atoms with Crippen LogP contribution >= 0.6 is 0 Å². The van der Waals surface area contributed by atoms with Gasteiger partial charge in [0.05, 0.1) is 11.2 Å². The third kappa shape index (κ3) is 1.98. The molecule has 0 atom stereocenters. The summed E-state index contributed by atoms with van der Waals surface area (Å²) in [6, 6.07) is 7.90. The van der Waals surface area contributed by atoms with Gasteiger partial charge in [-0.1, -0.05) is 18.2 Å². The van der Waals surface area contributed by atoms with Crippen LogP contribution in [0.2, 0.25) is 0 Å². The monoisotopic (exact) mass is 217 g/mol. The summed E-state index contributed by atoms with van der Waals surface area (Å²) in [6.07, 6.45) is 2.58. The highest BCUT2D eigenvalue weighted by molar-refractivity contribution is 5.91. The fourth-order valence-corrected chi connectivity index (χ4v) is 1.78. The Kier molecular flexibility index (Phi) is 3.34. The Bertz CT molecular complexity index is 485. The molecule has 0 saturated heterocycles. The van der Waals surface area contributed by atoms with E-state index in [1.165, 1.54) is 0 Å². The van der Waals surface area contributed by atoms with E-state index in [-0.39, 0.29) is 0 Å². The standard InChI is InChI=1S/C12H15N3O/c1-13-8-6-10-5-4-9-3-2-7-14-11(9)12(10)15-16/h2-5,7,13,15-16H,6,8H2,1H3. The summed E-state index contributed by atoms with van der Waals surface area (Å²) >= 11 is 0. The maximum Gasteiger partial charge on any atom is 0.0958 e. The Balaban J connectivity index is 2.50. The van der Waals surface area contributed by atoms with Crippen LogP contribution in [0.1, 0.15) is 5.56 Å². The van der Waals surface area contributed by atoms with Gasteiger partial charge >= 0.3 is 0 Å².